The van der Waals surface area contributed by atoms with Crippen LogP contribution in [0, 0.1) is 0 Å². The van der Waals surface area contributed by atoms with Crippen LogP contribution in [0.2, 0.25) is 0 Å². The maximum Gasteiger partial charge on any atom is 0.225 e. The topological polar surface area (TPSA) is 62.6 Å². The van der Waals surface area contributed by atoms with Crippen molar-refractivity contribution < 1.29 is 9.53 Å². The molecular weight excluding hydrogens is 342 g/mol. The number of carbonyl (C=O) groups is 1. The summed E-state index contributed by atoms with van der Waals surface area (Å²) in [6.07, 6.45) is 3.44. The highest BCUT2D eigenvalue weighted by Crippen LogP contribution is 2.26. The first-order valence-electron chi connectivity index (χ1n) is 10.1. The molecule has 4 heterocycles. The van der Waals surface area contributed by atoms with E-state index in [9.17, 15) is 4.79 Å². The van der Waals surface area contributed by atoms with E-state index < -0.39 is 0 Å². The van der Waals surface area contributed by atoms with Crippen LogP contribution in [0.5, 0.6) is 0 Å². The monoisotopic (exact) mass is 371 g/mol. The second-order valence-corrected chi connectivity index (χ2v) is 7.31. The van der Waals surface area contributed by atoms with E-state index >= 15 is 0 Å². The van der Waals surface area contributed by atoms with Crippen molar-refractivity contribution >= 4 is 22.6 Å². The van der Waals surface area contributed by atoms with E-state index in [2.05, 4.69) is 33.8 Å². The maximum absolute atomic E-state index is 12.5. The summed E-state index contributed by atoms with van der Waals surface area (Å²) < 4.78 is 7.72. The molecule has 27 heavy (non-hydrogen) atoms. The van der Waals surface area contributed by atoms with Crippen molar-refractivity contribution in [2.75, 3.05) is 50.8 Å². The van der Waals surface area contributed by atoms with Crippen molar-refractivity contribution in [3.05, 3.63) is 24.0 Å². The summed E-state index contributed by atoms with van der Waals surface area (Å²) in [6, 6.07) is 4.44. The van der Waals surface area contributed by atoms with Crippen LogP contribution in [0.3, 0.4) is 0 Å². The van der Waals surface area contributed by atoms with E-state index in [-0.39, 0.29) is 5.91 Å². The van der Waals surface area contributed by atoms with Crippen LogP contribution in [-0.4, -0.2) is 66.3 Å². The van der Waals surface area contributed by atoms with Gasteiger partial charge in [0, 0.05) is 57.0 Å². The largest absolute Gasteiger partial charge is 0.381 e. The minimum Gasteiger partial charge on any atom is -0.381 e. The Bertz CT molecular complexity index is 797. The summed E-state index contributed by atoms with van der Waals surface area (Å²) in [5, 5.41) is 4.55. The number of fused-ring (bicyclic) bond motifs is 3. The Morgan fingerprint density at radius 1 is 1.19 bits per heavy atom. The van der Waals surface area contributed by atoms with E-state index in [4.69, 9.17) is 9.72 Å². The van der Waals surface area contributed by atoms with Crippen LogP contribution in [-0.2, 0) is 22.6 Å². The molecule has 2 aromatic rings. The van der Waals surface area contributed by atoms with E-state index in [0.717, 1.165) is 57.9 Å². The van der Waals surface area contributed by atoms with Gasteiger partial charge in [-0.2, -0.15) is 0 Å². The second-order valence-electron chi connectivity index (χ2n) is 7.31. The molecule has 0 atom stereocenters. The molecule has 146 valence electrons. The number of carbonyl (C=O) groups excluding carboxylic acids is 1. The zero-order valence-corrected chi connectivity index (χ0v) is 16.1. The molecule has 4 rings (SSSR count). The summed E-state index contributed by atoms with van der Waals surface area (Å²) in [6.45, 7) is 9.59. The molecule has 0 radical (unpaired) electrons. The lowest BCUT2D eigenvalue weighted by molar-refractivity contribution is -0.133. The second kappa shape index (κ2) is 8.27. The molecule has 2 aliphatic rings. The van der Waals surface area contributed by atoms with Crippen molar-refractivity contribution in [3.8, 4) is 0 Å². The van der Waals surface area contributed by atoms with Gasteiger partial charge in [-0.1, -0.05) is 6.92 Å². The fraction of sp³-hybridized carbons (Fsp3) is 0.600. The molecule has 7 nitrogen and oxygen atoms in total. The smallest absolute Gasteiger partial charge is 0.225 e. The summed E-state index contributed by atoms with van der Waals surface area (Å²) in [5.74, 6) is 0.178. The number of aromatic nitrogens is 2. The number of hydrogen-bond acceptors (Lipinski definition) is 5. The Kier molecular flexibility index (Phi) is 5.59. The number of nitrogens with zero attached hydrogens (tertiary/aromatic N) is 4. The van der Waals surface area contributed by atoms with E-state index in [1.165, 1.54) is 16.8 Å². The number of rotatable bonds is 6. The van der Waals surface area contributed by atoms with Gasteiger partial charge >= 0.3 is 0 Å². The van der Waals surface area contributed by atoms with Gasteiger partial charge in [0.1, 0.15) is 5.65 Å². The van der Waals surface area contributed by atoms with Crippen LogP contribution in [0.4, 0.5) is 5.69 Å². The molecule has 0 aliphatic carbocycles. The van der Waals surface area contributed by atoms with Gasteiger partial charge in [0.25, 0.3) is 0 Å². The molecular formula is C20H29N5O2. The van der Waals surface area contributed by atoms with Crippen molar-refractivity contribution in [3.63, 3.8) is 0 Å². The average Bonchev–Trinajstić information content (AvgIpc) is 3.08. The average molecular weight is 371 g/mol. The molecule has 1 amide bonds. The third-order valence-corrected chi connectivity index (χ3v) is 5.40. The fourth-order valence-electron chi connectivity index (χ4n) is 3.94. The highest BCUT2D eigenvalue weighted by molar-refractivity contribution is 5.82. The van der Waals surface area contributed by atoms with Crippen LogP contribution >= 0.6 is 0 Å². The third kappa shape index (κ3) is 3.94. The normalized spacial score (nSPS) is 17.4. The number of nitrogens with one attached hydrogen (secondary N) is 1. The van der Waals surface area contributed by atoms with E-state index in [0.29, 0.717) is 19.6 Å². The molecule has 0 bridgehead atoms. The van der Waals surface area contributed by atoms with E-state index in [1.54, 1.807) is 0 Å². The maximum atomic E-state index is 12.5. The van der Waals surface area contributed by atoms with Gasteiger partial charge in [0.2, 0.25) is 5.91 Å². The summed E-state index contributed by atoms with van der Waals surface area (Å²) in [5.41, 5.74) is 3.39. The Labute approximate surface area is 160 Å². The molecule has 2 aromatic heterocycles. The van der Waals surface area contributed by atoms with Gasteiger partial charge in [-0.3, -0.25) is 4.79 Å². The molecule has 1 saturated heterocycles. The lowest BCUT2D eigenvalue weighted by atomic mass is 10.2. The number of ether oxygens (including phenoxy) is 1. The standard InChI is InChI=1S/C20H29N5O2/c1-2-10-27-11-3-19(26)24-8-9-25-18(15-24)13-16-12-17(14-22-20(16)25)23-6-4-21-5-7-23/h12-14,21H,2-11,15H2,1H3. The molecule has 1 fully saturated rings. The van der Waals surface area contributed by atoms with Gasteiger partial charge in [-0.05, 0) is 18.6 Å². The van der Waals surface area contributed by atoms with Crippen molar-refractivity contribution in [1.29, 1.82) is 0 Å². The SMILES string of the molecule is CCCOCCC(=O)N1CCn2c(cc3cc(N4CCNCC4)cnc32)C1. The summed E-state index contributed by atoms with van der Waals surface area (Å²) in [4.78, 5) is 21.5. The van der Waals surface area contributed by atoms with Gasteiger partial charge < -0.3 is 24.4 Å². The Hall–Kier alpha value is -2.12. The number of amides is 1. The fourth-order valence-corrected chi connectivity index (χ4v) is 3.94. The van der Waals surface area contributed by atoms with Crippen LogP contribution in [0.1, 0.15) is 25.5 Å². The van der Waals surface area contributed by atoms with Gasteiger partial charge in [0.05, 0.1) is 31.5 Å². The summed E-state index contributed by atoms with van der Waals surface area (Å²) >= 11 is 0. The van der Waals surface area contributed by atoms with Crippen LogP contribution in [0.25, 0.3) is 11.0 Å². The first-order valence-corrected chi connectivity index (χ1v) is 10.1. The van der Waals surface area contributed by atoms with Crippen molar-refractivity contribution in [1.82, 2.24) is 19.8 Å². The Morgan fingerprint density at radius 3 is 2.85 bits per heavy atom. The molecule has 0 aromatic carbocycles. The summed E-state index contributed by atoms with van der Waals surface area (Å²) in [7, 11) is 0. The molecule has 0 saturated carbocycles. The van der Waals surface area contributed by atoms with Crippen LogP contribution in [0.15, 0.2) is 18.3 Å². The number of piperazine rings is 1. The zero-order valence-electron chi connectivity index (χ0n) is 16.1. The molecule has 7 heteroatoms. The quantitative estimate of drug-likeness (QED) is 0.782. The third-order valence-electron chi connectivity index (χ3n) is 5.40. The number of anilines is 1. The predicted octanol–water partition coefficient (Wildman–Crippen LogP) is 1.60. The van der Waals surface area contributed by atoms with Gasteiger partial charge in [0.15, 0.2) is 0 Å². The zero-order chi connectivity index (χ0) is 18.6. The molecule has 1 N–H and O–H groups in total. The minimum atomic E-state index is 0.178. The Morgan fingerprint density at radius 2 is 2.04 bits per heavy atom. The Balaban J connectivity index is 1.46. The van der Waals surface area contributed by atoms with Crippen LogP contribution < -0.4 is 10.2 Å². The highest BCUT2D eigenvalue weighted by atomic mass is 16.5. The van der Waals surface area contributed by atoms with Crippen molar-refractivity contribution in [2.45, 2.75) is 32.9 Å². The number of pyridine rings is 1. The first kappa shape index (κ1) is 18.3. The molecule has 0 unspecified atom stereocenters. The first-order chi connectivity index (χ1) is 13.3. The lowest BCUT2D eigenvalue weighted by Gasteiger charge is -2.29. The number of hydrogen-bond donors (Lipinski definition) is 1. The molecule has 0 spiro atoms. The van der Waals surface area contributed by atoms with Gasteiger partial charge in [-0.15, -0.1) is 0 Å². The van der Waals surface area contributed by atoms with Crippen molar-refractivity contribution in [2.24, 2.45) is 0 Å². The minimum absolute atomic E-state index is 0.178. The highest BCUT2D eigenvalue weighted by Gasteiger charge is 2.23. The molecule has 2 aliphatic heterocycles. The van der Waals surface area contributed by atoms with Gasteiger partial charge in [-0.25, -0.2) is 4.98 Å². The predicted molar refractivity (Wildman–Crippen MR) is 106 cm³/mol. The van der Waals surface area contributed by atoms with E-state index in [1.807, 2.05) is 11.1 Å². The lowest BCUT2D eigenvalue weighted by Crippen LogP contribution is -2.43.